The van der Waals surface area contributed by atoms with Crippen LogP contribution in [0.3, 0.4) is 0 Å². The molecule has 0 radical (unpaired) electrons. The maximum absolute atomic E-state index is 13.6. The number of ether oxygens (including phenoxy) is 2. The van der Waals surface area contributed by atoms with E-state index in [2.05, 4.69) is 0 Å². The lowest BCUT2D eigenvalue weighted by Gasteiger charge is -2.11. The molecule has 0 amide bonds. The van der Waals surface area contributed by atoms with Crippen LogP contribution in [0.1, 0.15) is 5.56 Å². The van der Waals surface area contributed by atoms with E-state index in [9.17, 15) is 8.78 Å². The number of halogens is 4. The smallest absolute Gasteiger partial charge is 0.168 e. The van der Waals surface area contributed by atoms with Gasteiger partial charge < -0.3 is 9.47 Å². The van der Waals surface area contributed by atoms with Gasteiger partial charge in [-0.15, -0.1) is 0 Å². The largest absolute Gasteiger partial charge is 0.487 e. The van der Waals surface area contributed by atoms with Crippen molar-refractivity contribution in [1.29, 1.82) is 0 Å². The third kappa shape index (κ3) is 4.62. The van der Waals surface area contributed by atoms with Gasteiger partial charge in [-0.3, -0.25) is 0 Å². The van der Waals surface area contributed by atoms with Crippen LogP contribution in [0.25, 0.3) is 0 Å². The lowest BCUT2D eigenvalue weighted by atomic mass is 10.2. The Labute approximate surface area is 153 Å². The summed E-state index contributed by atoms with van der Waals surface area (Å²) >= 11 is 12.0. The van der Waals surface area contributed by atoms with Gasteiger partial charge in [0.1, 0.15) is 23.9 Å². The molecule has 0 aromatic heterocycles. The first kappa shape index (κ1) is 17.5. The topological polar surface area (TPSA) is 18.5 Å². The zero-order valence-corrected chi connectivity index (χ0v) is 14.3. The van der Waals surface area contributed by atoms with Crippen LogP contribution >= 0.6 is 23.2 Å². The van der Waals surface area contributed by atoms with Crippen molar-refractivity contribution in [3.05, 3.63) is 87.9 Å². The number of hydrogen-bond donors (Lipinski definition) is 0. The van der Waals surface area contributed by atoms with E-state index in [1.165, 1.54) is 12.1 Å². The molecule has 0 saturated heterocycles. The maximum Gasteiger partial charge on any atom is 0.168 e. The quantitative estimate of drug-likeness (QED) is 0.493. The Morgan fingerprint density at radius 1 is 0.800 bits per heavy atom. The van der Waals surface area contributed by atoms with E-state index >= 15 is 0 Å². The lowest BCUT2D eigenvalue weighted by Crippen LogP contribution is -1.96. The fourth-order valence-electron chi connectivity index (χ4n) is 2.09. The normalized spacial score (nSPS) is 10.6. The van der Waals surface area contributed by atoms with Crippen molar-refractivity contribution >= 4 is 23.2 Å². The zero-order chi connectivity index (χ0) is 17.8. The van der Waals surface area contributed by atoms with E-state index < -0.39 is 11.6 Å². The first-order valence-electron chi connectivity index (χ1n) is 7.31. The molecule has 25 heavy (non-hydrogen) atoms. The Bertz CT molecular complexity index is 883. The van der Waals surface area contributed by atoms with Gasteiger partial charge in [0.2, 0.25) is 0 Å². The summed E-state index contributed by atoms with van der Waals surface area (Å²) < 4.78 is 37.6. The molecule has 0 heterocycles. The van der Waals surface area contributed by atoms with Gasteiger partial charge in [0.25, 0.3) is 0 Å². The second-order valence-electron chi connectivity index (χ2n) is 5.18. The van der Waals surface area contributed by atoms with Gasteiger partial charge in [0.05, 0.1) is 5.02 Å². The molecule has 0 aliphatic carbocycles. The molecule has 0 spiro atoms. The summed E-state index contributed by atoms with van der Waals surface area (Å²) in [5.74, 6) is -0.779. The van der Waals surface area contributed by atoms with Gasteiger partial charge in [-0.2, -0.15) is 0 Å². The highest BCUT2D eigenvalue weighted by Gasteiger charge is 2.09. The molecule has 0 bridgehead atoms. The van der Waals surface area contributed by atoms with E-state index in [4.69, 9.17) is 32.7 Å². The van der Waals surface area contributed by atoms with Crippen molar-refractivity contribution in [1.82, 2.24) is 0 Å². The first-order valence-corrected chi connectivity index (χ1v) is 8.06. The highest BCUT2D eigenvalue weighted by atomic mass is 35.5. The van der Waals surface area contributed by atoms with Crippen LogP contribution < -0.4 is 9.47 Å². The van der Waals surface area contributed by atoms with Crippen molar-refractivity contribution in [2.75, 3.05) is 0 Å². The van der Waals surface area contributed by atoms with Crippen LogP contribution in [-0.2, 0) is 6.61 Å². The molecule has 3 aromatic carbocycles. The average Bonchev–Trinajstić information content (AvgIpc) is 2.58. The number of rotatable bonds is 5. The maximum atomic E-state index is 13.6. The van der Waals surface area contributed by atoms with Crippen LogP contribution in [0.5, 0.6) is 17.2 Å². The molecule has 0 aliphatic heterocycles. The van der Waals surface area contributed by atoms with E-state index in [1.54, 1.807) is 24.3 Å². The molecule has 3 rings (SSSR count). The fraction of sp³-hybridized carbons (Fsp3) is 0.0526. The molecule has 0 unspecified atom stereocenters. The van der Waals surface area contributed by atoms with Crippen molar-refractivity contribution in [2.24, 2.45) is 0 Å². The average molecular weight is 381 g/mol. The summed E-state index contributed by atoms with van der Waals surface area (Å²) in [6.07, 6.45) is 0. The Morgan fingerprint density at radius 3 is 2.20 bits per heavy atom. The predicted octanol–water partition coefficient (Wildman–Crippen LogP) is 6.64. The van der Waals surface area contributed by atoms with Crippen LogP contribution in [0.2, 0.25) is 10.0 Å². The summed E-state index contributed by atoms with van der Waals surface area (Å²) in [6, 6.07) is 15.0. The molecule has 2 nitrogen and oxygen atoms in total. The van der Waals surface area contributed by atoms with Gasteiger partial charge in [-0.25, -0.2) is 8.78 Å². The summed E-state index contributed by atoms with van der Waals surface area (Å²) in [5.41, 5.74) is 0.939. The van der Waals surface area contributed by atoms with Gasteiger partial charge in [-0.05, 0) is 42.0 Å². The Kier molecular flexibility index (Phi) is 5.41. The number of hydrogen-bond acceptors (Lipinski definition) is 2. The predicted molar refractivity (Wildman–Crippen MR) is 93.7 cm³/mol. The Balaban J connectivity index is 1.68. The van der Waals surface area contributed by atoms with E-state index in [0.29, 0.717) is 28.2 Å². The minimum Gasteiger partial charge on any atom is -0.487 e. The van der Waals surface area contributed by atoms with Crippen LogP contribution in [0.4, 0.5) is 8.78 Å². The molecule has 0 saturated carbocycles. The van der Waals surface area contributed by atoms with Crippen molar-refractivity contribution in [3.63, 3.8) is 0 Å². The third-order valence-electron chi connectivity index (χ3n) is 3.33. The summed E-state index contributed by atoms with van der Waals surface area (Å²) in [4.78, 5) is 0. The molecule has 0 aliphatic rings. The Morgan fingerprint density at radius 2 is 1.52 bits per heavy atom. The summed E-state index contributed by atoms with van der Waals surface area (Å²) in [6.45, 7) is 0.323. The van der Waals surface area contributed by atoms with E-state index in [1.807, 2.05) is 12.1 Å². The van der Waals surface area contributed by atoms with Crippen molar-refractivity contribution < 1.29 is 18.3 Å². The molecule has 128 valence electrons. The first-order chi connectivity index (χ1) is 12.0. The highest BCUT2D eigenvalue weighted by Crippen LogP contribution is 2.32. The van der Waals surface area contributed by atoms with Gasteiger partial charge in [0, 0.05) is 17.2 Å². The SMILES string of the molecule is Fc1ccc(Oc2ccc(OCc3ccc(Cl)cc3)c(Cl)c2)c(F)c1. The van der Waals surface area contributed by atoms with Crippen LogP contribution in [0, 0.1) is 11.6 Å². The molecule has 0 atom stereocenters. The van der Waals surface area contributed by atoms with Gasteiger partial charge in [-0.1, -0.05) is 35.3 Å². The summed E-state index contributed by atoms with van der Waals surface area (Å²) in [5, 5.41) is 0.963. The second kappa shape index (κ2) is 7.72. The number of benzene rings is 3. The Hall–Kier alpha value is -2.30. The minimum absolute atomic E-state index is 0.0905. The van der Waals surface area contributed by atoms with Gasteiger partial charge >= 0.3 is 0 Å². The zero-order valence-electron chi connectivity index (χ0n) is 12.8. The van der Waals surface area contributed by atoms with Crippen molar-refractivity contribution in [2.45, 2.75) is 6.61 Å². The van der Waals surface area contributed by atoms with E-state index in [0.717, 1.165) is 17.7 Å². The van der Waals surface area contributed by atoms with Crippen LogP contribution in [0.15, 0.2) is 60.7 Å². The molecule has 0 N–H and O–H groups in total. The molecule has 0 fully saturated rings. The lowest BCUT2D eigenvalue weighted by molar-refractivity contribution is 0.306. The molecule has 3 aromatic rings. The molecule has 6 heteroatoms. The molecular weight excluding hydrogens is 369 g/mol. The minimum atomic E-state index is -0.792. The molecular formula is C19H12Cl2F2O2. The monoisotopic (exact) mass is 380 g/mol. The second-order valence-corrected chi connectivity index (χ2v) is 6.03. The fourth-order valence-corrected chi connectivity index (χ4v) is 2.44. The van der Waals surface area contributed by atoms with Crippen molar-refractivity contribution in [3.8, 4) is 17.2 Å². The highest BCUT2D eigenvalue weighted by molar-refractivity contribution is 6.32. The van der Waals surface area contributed by atoms with E-state index in [-0.39, 0.29) is 5.75 Å². The standard InChI is InChI=1S/C19H12Cl2F2O2/c20-13-3-1-12(2-4-13)11-24-18-8-6-15(10-16(18)21)25-19-7-5-14(22)9-17(19)23/h1-10H,11H2. The van der Waals surface area contributed by atoms with Gasteiger partial charge in [0.15, 0.2) is 11.6 Å². The summed E-state index contributed by atoms with van der Waals surface area (Å²) in [7, 11) is 0. The van der Waals surface area contributed by atoms with Crippen LogP contribution in [-0.4, -0.2) is 0 Å². The third-order valence-corrected chi connectivity index (χ3v) is 3.88.